The van der Waals surface area contributed by atoms with E-state index in [1.807, 2.05) is 13.1 Å². The van der Waals surface area contributed by atoms with Gasteiger partial charge in [0.15, 0.2) is 0 Å². The number of likely N-dealkylation sites (tertiary alicyclic amines) is 2. The number of nitrogens with one attached hydrogen (secondary N) is 1. The van der Waals surface area contributed by atoms with Gasteiger partial charge in [-0.1, -0.05) is 54.6 Å². The van der Waals surface area contributed by atoms with Crippen molar-refractivity contribution in [1.29, 1.82) is 0 Å². The SMILES string of the molecule is CN1CCC(=O)CC1.CN1CCC(N2CCN(c3ccccc3)CC2)CC1.NS(=O)(=O)N1CCC(N2CCN(c3ccccc3)CC2)CC1.c1ccc(N2CCN(C3CCNCC3)CC2)cc1. The van der Waals surface area contributed by atoms with Gasteiger partial charge in [0, 0.05) is 153 Å². The van der Waals surface area contributed by atoms with Crippen molar-refractivity contribution in [1.82, 2.24) is 34.1 Å². The average molecular weight is 942 g/mol. The monoisotopic (exact) mass is 942 g/mol. The van der Waals surface area contributed by atoms with Crippen molar-refractivity contribution >= 4 is 33.1 Å². The minimum absolute atomic E-state index is 0.420. The van der Waals surface area contributed by atoms with Crippen molar-refractivity contribution in [2.75, 3.05) is 160 Å². The Morgan fingerprint density at radius 3 is 1.07 bits per heavy atom. The second-order valence-electron chi connectivity index (χ2n) is 19.6. The van der Waals surface area contributed by atoms with Crippen LogP contribution in [0.1, 0.15) is 51.4 Å². The van der Waals surface area contributed by atoms with E-state index in [0.717, 1.165) is 77.0 Å². The molecule has 0 unspecified atom stereocenters. The number of benzene rings is 3. The number of hydrogen-bond acceptors (Lipinski definition) is 12. The number of anilines is 3. The first-order valence-corrected chi connectivity index (χ1v) is 27.1. The van der Waals surface area contributed by atoms with Gasteiger partial charge in [0.05, 0.1) is 0 Å². The van der Waals surface area contributed by atoms with Crippen LogP contribution >= 0.6 is 0 Å². The second kappa shape index (κ2) is 26.4. The van der Waals surface area contributed by atoms with E-state index in [0.29, 0.717) is 24.9 Å². The number of rotatable bonds is 7. The quantitative estimate of drug-likeness (QED) is 0.354. The fourth-order valence-electron chi connectivity index (χ4n) is 10.8. The summed E-state index contributed by atoms with van der Waals surface area (Å²) in [5.74, 6) is 0.420. The van der Waals surface area contributed by atoms with Gasteiger partial charge >= 0.3 is 0 Å². The van der Waals surface area contributed by atoms with E-state index in [9.17, 15) is 13.2 Å². The standard InChI is InChI=1S/C16H25N3.C15H24N4O2S.C15H23N3.C6H11NO/c1-17-9-7-16(8-10-17)19-13-11-18(12-14-19)15-5-3-2-4-6-15;16-22(20,21)19-8-6-15(7-9-19)18-12-10-17(11-13-18)14-4-2-1-3-5-14;1-2-4-14(5-3-1)17-10-12-18(13-11-17)15-6-8-16-9-7-15;1-7-4-2-6(8)3-5-7/h2-6,16H,7-14H2,1H3;1-5,15H,6-13H2,(H2,16,20,21);1-5,15-16H,6-13H2;2-5H2,1H3. The van der Waals surface area contributed by atoms with Crippen LogP contribution in [-0.2, 0) is 15.0 Å². The number of carbonyl (C=O) groups is 1. The Kier molecular flexibility index (Phi) is 20.2. The Balaban J connectivity index is 0.000000138. The molecule has 7 saturated heterocycles. The number of nitrogens with zero attached hydrogens (tertiary/aromatic N) is 9. The van der Waals surface area contributed by atoms with E-state index in [1.54, 1.807) is 0 Å². The summed E-state index contributed by atoms with van der Waals surface area (Å²) in [6.07, 6.45) is 8.62. The molecule has 7 heterocycles. The largest absolute Gasteiger partial charge is 0.369 e. The molecule has 3 aromatic carbocycles. The molecular weight excluding hydrogens is 859 g/mol. The van der Waals surface area contributed by atoms with Gasteiger partial charge in [-0.2, -0.15) is 12.7 Å². The molecule has 3 N–H and O–H groups in total. The number of nitrogens with two attached hydrogens (primary N) is 1. The average Bonchev–Trinajstić information content (AvgIpc) is 3.39. The van der Waals surface area contributed by atoms with Crippen molar-refractivity contribution in [3.8, 4) is 0 Å². The first-order valence-electron chi connectivity index (χ1n) is 25.6. The predicted octanol–water partition coefficient (Wildman–Crippen LogP) is 4.22. The van der Waals surface area contributed by atoms with Crippen LogP contribution < -0.4 is 25.2 Å². The zero-order chi connectivity index (χ0) is 46.9. The lowest BCUT2D eigenvalue weighted by Crippen LogP contribution is -2.54. The van der Waals surface area contributed by atoms with Gasteiger partial charge in [-0.15, -0.1) is 0 Å². The summed E-state index contributed by atoms with van der Waals surface area (Å²) >= 11 is 0. The molecule has 7 aliphatic heterocycles. The molecule has 370 valence electrons. The zero-order valence-electron chi connectivity index (χ0n) is 40.9. The lowest BCUT2D eigenvalue weighted by molar-refractivity contribution is -0.121. The first-order chi connectivity index (χ1) is 32.6. The molecule has 7 fully saturated rings. The molecule has 0 bridgehead atoms. The molecule has 0 amide bonds. The van der Waals surface area contributed by atoms with Crippen LogP contribution in [-0.4, -0.2) is 206 Å². The van der Waals surface area contributed by atoms with Gasteiger partial charge < -0.3 is 29.8 Å². The Morgan fingerprint density at radius 2 is 0.746 bits per heavy atom. The van der Waals surface area contributed by atoms with E-state index < -0.39 is 10.2 Å². The highest BCUT2D eigenvalue weighted by atomic mass is 32.2. The number of ketones is 1. The van der Waals surface area contributed by atoms with Crippen LogP contribution in [0.2, 0.25) is 0 Å². The maximum Gasteiger partial charge on any atom is 0.276 e. The fourth-order valence-corrected chi connectivity index (χ4v) is 11.5. The second-order valence-corrected chi connectivity index (χ2v) is 21.2. The van der Waals surface area contributed by atoms with Gasteiger partial charge in [-0.3, -0.25) is 19.5 Å². The number of carbonyl (C=O) groups excluding carboxylic acids is 1. The number of piperidine rings is 4. The molecule has 0 aromatic heterocycles. The lowest BCUT2D eigenvalue weighted by atomic mass is 10.0. The van der Waals surface area contributed by atoms with E-state index >= 15 is 0 Å². The molecule has 0 radical (unpaired) electrons. The molecule has 3 aromatic rings. The van der Waals surface area contributed by atoms with Gasteiger partial charge in [-0.05, 0) is 115 Å². The number of piperazine rings is 3. The van der Waals surface area contributed by atoms with Crippen LogP contribution in [0.3, 0.4) is 0 Å². The van der Waals surface area contributed by atoms with Crippen molar-refractivity contribution in [3.05, 3.63) is 91.0 Å². The van der Waals surface area contributed by atoms with E-state index in [1.165, 1.54) is 126 Å². The maximum absolute atomic E-state index is 11.4. The number of para-hydroxylation sites is 3. The van der Waals surface area contributed by atoms with Crippen molar-refractivity contribution in [2.24, 2.45) is 5.14 Å². The summed E-state index contributed by atoms with van der Waals surface area (Å²) in [4.78, 5) is 30.6. The molecule has 0 atom stereocenters. The minimum Gasteiger partial charge on any atom is -0.369 e. The summed E-state index contributed by atoms with van der Waals surface area (Å²) in [5.41, 5.74) is 4.04. The minimum atomic E-state index is -3.52. The van der Waals surface area contributed by atoms with Crippen LogP contribution in [0.4, 0.5) is 17.1 Å². The van der Waals surface area contributed by atoms with Gasteiger partial charge in [0.2, 0.25) is 0 Å². The molecule has 0 saturated carbocycles. The summed E-state index contributed by atoms with van der Waals surface area (Å²) in [6, 6.07) is 34.3. The Labute approximate surface area is 404 Å². The van der Waals surface area contributed by atoms with E-state index in [4.69, 9.17) is 5.14 Å². The van der Waals surface area contributed by atoms with Gasteiger partial charge in [0.25, 0.3) is 10.2 Å². The first kappa shape index (κ1) is 51.2. The van der Waals surface area contributed by atoms with Crippen molar-refractivity contribution in [2.45, 2.75) is 69.5 Å². The summed E-state index contributed by atoms with van der Waals surface area (Å²) in [6.45, 7) is 21.7. The van der Waals surface area contributed by atoms with Gasteiger partial charge in [-0.25, -0.2) is 5.14 Å². The molecule has 0 spiro atoms. The third kappa shape index (κ3) is 16.2. The highest BCUT2D eigenvalue weighted by Crippen LogP contribution is 2.24. The molecule has 14 nitrogen and oxygen atoms in total. The molecule has 7 aliphatic rings. The van der Waals surface area contributed by atoms with Crippen molar-refractivity contribution in [3.63, 3.8) is 0 Å². The molecular formula is C52H83N11O3S. The molecule has 10 rings (SSSR count). The Hall–Kier alpha value is -3.64. The van der Waals surface area contributed by atoms with Crippen LogP contribution in [0.5, 0.6) is 0 Å². The molecule has 15 heteroatoms. The lowest BCUT2D eigenvalue weighted by Gasteiger charge is -2.42. The third-order valence-electron chi connectivity index (χ3n) is 15.2. The van der Waals surface area contributed by atoms with Crippen molar-refractivity contribution < 1.29 is 13.2 Å². The topological polar surface area (TPSA) is 118 Å². The summed E-state index contributed by atoms with van der Waals surface area (Å²) < 4.78 is 24.1. The van der Waals surface area contributed by atoms with Crippen LogP contribution in [0.25, 0.3) is 0 Å². The normalized spacial score (nSPS) is 23.3. The summed E-state index contributed by atoms with van der Waals surface area (Å²) in [5, 5.41) is 8.65. The fraction of sp³-hybridized carbons (Fsp3) is 0.635. The van der Waals surface area contributed by atoms with Crippen LogP contribution in [0.15, 0.2) is 91.0 Å². The van der Waals surface area contributed by atoms with E-state index in [-0.39, 0.29) is 0 Å². The summed E-state index contributed by atoms with van der Waals surface area (Å²) in [7, 11) is 0.769. The molecule has 0 aliphatic carbocycles. The molecule has 67 heavy (non-hydrogen) atoms. The predicted molar refractivity (Wildman–Crippen MR) is 277 cm³/mol. The number of Topliss-reactive ketones (excluding diaryl/α,β-unsaturated/α-hetero) is 1. The Bertz CT molecular complexity index is 1930. The highest BCUT2D eigenvalue weighted by molar-refractivity contribution is 7.86. The van der Waals surface area contributed by atoms with E-state index in [2.05, 4.69) is 136 Å². The number of hydrogen-bond donors (Lipinski definition) is 2. The van der Waals surface area contributed by atoms with Crippen LogP contribution in [0, 0.1) is 0 Å². The third-order valence-corrected chi connectivity index (χ3v) is 16.3. The maximum atomic E-state index is 11.4. The highest BCUT2D eigenvalue weighted by Gasteiger charge is 2.31. The Morgan fingerprint density at radius 1 is 0.433 bits per heavy atom. The zero-order valence-corrected chi connectivity index (χ0v) is 41.7. The smallest absolute Gasteiger partial charge is 0.276 e. The van der Waals surface area contributed by atoms with Gasteiger partial charge in [0.1, 0.15) is 5.78 Å².